The van der Waals surface area contributed by atoms with Crippen molar-refractivity contribution in [2.24, 2.45) is 11.7 Å². The van der Waals surface area contributed by atoms with E-state index >= 15 is 0 Å². The molecule has 0 heterocycles. The van der Waals surface area contributed by atoms with Gasteiger partial charge in [-0.15, -0.1) is 0 Å². The average molecular weight is 207 g/mol. The summed E-state index contributed by atoms with van der Waals surface area (Å²) < 4.78 is 10.5. The molecular weight excluding hydrogens is 190 g/mol. The van der Waals surface area contributed by atoms with Gasteiger partial charge in [0.25, 0.3) is 0 Å². The molecule has 15 heavy (non-hydrogen) atoms. The van der Waals surface area contributed by atoms with Crippen molar-refractivity contribution in [1.82, 2.24) is 0 Å². The molecule has 1 aromatic carbocycles. The van der Waals surface area contributed by atoms with Crippen LogP contribution in [0.15, 0.2) is 18.2 Å². The lowest BCUT2D eigenvalue weighted by molar-refractivity contribution is 0.393. The summed E-state index contributed by atoms with van der Waals surface area (Å²) in [6.45, 7) is 0. The minimum Gasteiger partial charge on any atom is -0.497 e. The Hall–Kier alpha value is -1.22. The van der Waals surface area contributed by atoms with Gasteiger partial charge in [0, 0.05) is 11.6 Å². The molecule has 0 amide bonds. The molecule has 0 bridgehead atoms. The lowest BCUT2D eigenvalue weighted by Gasteiger charge is -2.16. The maximum absolute atomic E-state index is 6.16. The molecule has 2 rings (SSSR count). The van der Waals surface area contributed by atoms with Crippen molar-refractivity contribution in [3.05, 3.63) is 23.8 Å². The molecule has 1 aliphatic rings. The Morgan fingerprint density at radius 1 is 1.27 bits per heavy atom. The van der Waals surface area contributed by atoms with E-state index in [2.05, 4.69) is 0 Å². The van der Waals surface area contributed by atoms with Gasteiger partial charge < -0.3 is 15.2 Å². The van der Waals surface area contributed by atoms with Crippen LogP contribution < -0.4 is 15.2 Å². The van der Waals surface area contributed by atoms with E-state index in [9.17, 15) is 0 Å². The van der Waals surface area contributed by atoms with Crippen LogP contribution in [0.4, 0.5) is 0 Å². The Balaban J connectivity index is 2.31. The molecular formula is C12H17NO2. The predicted octanol–water partition coefficient (Wildman–Crippen LogP) is 2.11. The van der Waals surface area contributed by atoms with E-state index in [0.29, 0.717) is 5.92 Å². The first-order valence-electron chi connectivity index (χ1n) is 5.23. The molecule has 3 nitrogen and oxygen atoms in total. The summed E-state index contributed by atoms with van der Waals surface area (Å²) in [5.74, 6) is 2.31. The van der Waals surface area contributed by atoms with Crippen LogP contribution in [0.3, 0.4) is 0 Å². The van der Waals surface area contributed by atoms with Gasteiger partial charge in [-0.2, -0.15) is 0 Å². The average Bonchev–Trinajstić information content (AvgIpc) is 3.11. The summed E-state index contributed by atoms with van der Waals surface area (Å²) >= 11 is 0. The Kier molecular flexibility index (Phi) is 2.82. The van der Waals surface area contributed by atoms with E-state index in [1.165, 1.54) is 12.8 Å². The third-order valence-electron chi connectivity index (χ3n) is 2.93. The molecule has 0 saturated heterocycles. The van der Waals surface area contributed by atoms with Crippen LogP contribution in [0.5, 0.6) is 11.5 Å². The Bertz CT molecular complexity index is 347. The van der Waals surface area contributed by atoms with Crippen molar-refractivity contribution in [1.29, 1.82) is 0 Å². The van der Waals surface area contributed by atoms with Crippen LogP contribution >= 0.6 is 0 Å². The molecule has 3 heteroatoms. The fraction of sp³-hybridized carbons (Fsp3) is 0.500. The molecule has 1 atom stereocenters. The topological polar surface area (TPSA) is 44.5 Å². The number of ether oxygens (including phenoxy) is 2. The Morgan fingerprint density at radius 2 is 2.00 bits per heavy atom. The van der Waals surface area contributed by atoms with Gasteiger partial charge in [0.15, 0.2) is 0 Å². The number of methoxy groups -OCH3 is 2. The molecule has 0 aliphatic heterocycles. The lowest BCUT2D eigenvalue weighted by Crippen LogP contribution is -2.13. The van der Waals surface area contributed by atoms with E-state index in [-0.39, 0.29) is 6.04 Å². The van der Waals surface area contributed by atoms with Crippen molar-refractivity contribution >= 4 is 0 Å². The van der Waals surface area contributed by atoms with Crippen molar-refractivity contribution in [2.45, 2.75) is 18.9 Å². The zero-order chi connectivity index (χ0) is 10.8. The number of hydrogen-bond acceptors (Lipinski definition) is 3. The summed E-state index contributed by atoms with van der Waals surface area (Å²) in [5.41, 5.74) is 7.22. The Labute approximate surface area is 90.2 Å². The predicted molar refractivity (Wildman–Crippen MR) is 59.2 cm³/mol. The second kappa shape index (κ2) is 4.11. The zero-order valence-electron chi connectivity index (χ0n) is 9.19. The van der Waals surface area contributed by atoms with Gasteiger partial charge in [0.1, 0.15) is 11.5 Å². The van der Waals surface area contributed by atoms with E-state index in [4.69, 9.17) is 15.2 Å². The monoisotopic (exact) mass is 207 g/mol. The van der Waals surface area contributed by atoms with Crippen molar-refractivity contribution < 1.29 is 9.47 Å². The van der Waals surface area contributed by atoms with Crippen molar-refractivity contribution in [2.75, 3.05) is 14.2 Å². The van der Waals surface area contributed by atoms with Crippen LogP contribution in [0.2, 0.25) is 0 Å². The molecule has 1 aromatic rings. The van der Waals surface area contributed by atoms with Gasteiger partial charge in [-0.05, 0) is 37.0 Å². The quantitative estimate of drug-likeness (QED) is 0.822. The molecule has 82 valence electrons. The van der Waals surface area contributed by atoms with Gasteiger partial charge >= 0.3 is 0 Å². The molecule has 1 fully saturated rings. The molecule has 0 radical (unpaired) electrons. The molecule has 0 spiro atoms. The van der Waals surface area contributed by atoms with Crippen molar-refractivity contribution in [3.63, 3.8) is 0 Å². The fourth-order valence-electron chi connectivity index (χ4n) is 1.81. The SMILES string of the molecule is COc1ccc(OC)c([C@H](N)C2CC2)c1. The maximum Gasteiger partial charge on any atom is 0.123 e. The standard InChI is InChI=1S/C12H17NO2/c1-14-9-5-6-11(15-2)10(7-9)12(13)8-3-4-8/h5-8,12H,3-4,13H2,1-2H3/t12-/m1/s1. The smallest absolute Gasteiger partial charge is 0.123 e. The van der Waals surface area contributed by atoms with Crippen LogP contribution in [-0.2, 0) is 0 Å². The van der Waals surface area contributed by atoms with Crippen LogP contribution in [0, 0.1) is 5.92 Å². The zero-order valence-corrected chi connectivity index (χ0v) is 9.19. The Morgan fingerprint density at radius 3 is 2.53 bits per heavy atom. The van der Waals surface area contributed by atoms with Crippen LogP contribution in [-0.4, -0.2) is 14.2 Å². The second-order valence-corrected chi connectivity index (χ2v) is 3.97. The van der Waals surface area contributed by atoms with E-state index < -0.39 is 0 Å². The van der Waals surface area contributed by atoms with Gasteiger partial charge in [-0.1, -0.05) is 0 Å². The third-order valence-corrected chi connectivity index (χ3v) is 2.93. The first-order valence-corrected chi connectivity index (χ1v) is 5.23. The highest BCUT2D eigenvalue weighted by Crippen LogP contribution is 2.42. The van der Waals surface area contributed by atoms with Gasteiger partial charge in [-0.25, -0.2) is 0 Å². The highest BCUT2D eigenvalue weighted by atomic mass is 16.5. The van der Waals surface area contributed by atoms with Crippen LogP contribution in [0.1, 0.15) is 24.4 Å². The summed E-state index contributed by atoms with van der Waals surface area (Å²) in [5, 5.41) is 0. The lowest BCUT2D eigenvalue weighted by atomic mass is 10.0. The number of hydrogen-bond donors (Lipinski definition) is 1. The summed E-state index contributed by atoms with van der Waals surface area (Å²) in [6, 6.07) is 5.86. The number of nitrogens with two attached hydrogens (primary N) is 1. The van der Waals surface area contributed by atoms with Gasteiger partial charge in [-0.3, -0.25) is 0 Å². The minimum absolute atomic E-state index is 0.0787. The summed E-state index contributed by atoms with van der Waals surface area (Å²) in [6.07, 6.45) is 2.45. The van der Waals surface area contributed by atoms with E-state index in [1.807, 2.05) is 18.2 Å². The first-order chi connectivity index (χ1) is 7.26. The number of benzene rings is 1. The highest BCUT2D eigenvalue weighted by molar-refractivity contribution is 5.42. The third kappa shape index (κ3) is 2.07. The number of rotatable bonds is 4. The molecule has 2 N–H and O–H groups in total. The summed E-state index contributed by atoms with van der Waals surface area (Å²) in [4.78, 5) is 0. The van der Waals surface area contributed by atoms with E-state index in [1.54, 1.807) is 14.2 Å². The van der Waals surface area contributed by atoms with Gasteiger partial charge in [0.2, 0.25) is 0 Å². The maximum atomic E-state index is 6.16. The van der Waals surface area contributed by atoms with Gasteiger partial charge in [0.05, 0.1) is 14.2 Å². The highest BCUT2D eigenvalue weighted by Gasteiger charge is 2.31. The molecule has 0 aromatic heterocycles. The minimum atomic E-state index is 0.0787. The first kappa shape index (κ1) is 10.3. The molecule has 0 unspecified atom stereocenters. The second-order valence-electron chi connectivity index (χ2n) is 3.97. The van der Waals surface area contributed by atoms with E-state index in [0.717, 1.165) is 17.1 Å². The van der Waals surface area contributed by atoms with Crippen molar-refractivity contribution in [3.8, 4) is 11.5 Å². The largest absolute Gasteiger partial charge is 0.497 e. The molecule has 1 aliphatic carbocycles. The summed E-state index contributed by atoms with van der Waals surface area (Å²) in [7, 11) is 3.33. The van der Waals surface area contributed by atoms with Crippen LogP contribution in [0.25, 0.3) is 0 Å². The normalized spacial score (nSPS) is 17.3. The molecule has 1 saturated carbocycles. The fourth-order valence-corrected chi connectivity index (χ4v) is 1.81.